The third-order valence-corrected chi connectivity index (χ3v) is 14.8. The number of hydrogen-bond acceptors (Lipinski definition) is 11. The fourth-order valence-corrected chi connectivity index (χ4v) is 11.1. The minimum Gasteiger partial charge on any atom is -0.366 e. The minimum absolute atomic E-state index is 0.00212. The van der Waals surface area contributed by atoms with Gasteiger partial charge < -0.3 is 19.6 Å². The lowest BCUT2D eigenvalue weighted by atomic mass is 9.86. The van der Waals surface area contributed by atoms with Gasteiger partial charge in [0.05, 0.1) is 53.5 Å². The van der Waals surface area contributed by atoms with Gasteiger partial charge >= 0.3 is 12.4 Å². The number of halogens is 10. The molecule has 0 bridgehead atoms. The van der Waals surface area contributed by atoms with Crippen molar-refractivity contribution in [2.45, 2.75) is 22.1 Å². The summed E-state index contributed by atoms with van der Waals surface area (Å²) in [5.74, 6) is -2.69. The van der Waals surface area contributed by atoms with Crippen LogP contribution in [0.25, 0.3) is 22.3 Å². The Bertz CT molecular complexity index is 3060. The molecular weight excluding hydrogens is 1020 g/mol. The van der Waals surface area contributed by atoms with E-state index < -0.39 is 81.5 Å². The summed E-state index contributed by atoms with van der Waals surface area (Å²) in [5.41, 5.74) is -3.98. The van der Waals surface area contributed by atoms with Crippen molar-refractivity contribution in [3.63, 3.8) is 0 Å². The average molecular weight is 1050 g/mol. The molecule has 0 unspecified atom stereocenters. The van der Waals surface area contributed by atoms with Crippen LogP contribution in [0.3, 0.4) is 0 Å². The van der Waals surface area contributed by atoms with Gasteiger partial charge in [-0.05, 0) is 47.5 Å². The first-order valence-electron chi connectivity index (χ1n) is 21.1. The van der Waals surface area contributed by atoms with Crippen molar-refractivity contribution in [3.8, 4) is 22.3 Å². The summed E-state index contributed by atoms with van der Waals surface area (Å²) < 4.78 is 169. The number of ketones is 1. The predicted molar refractivity (Wildman–Crippen MR) is 251 cm³/mol. The van der Waals surface area contributed by atoms with Gasteiger partial charge in [0.25, 0.3) is 0 Å². The first kappa shape index (κ1) is 50.4. The van der Waals surface area contributed by atoms with Gasteiger partial charge in [-0.3, -0.25) is 4.79 Å². The summed E-state index contributed by atoms with van der Waals surface area (Å²) in [6.45, 7) is -0.565. The summed E-state index contributed by atoms with van der Waals surface area (Å²) in [4.78, 5) is 29.6. The van der Waals surface area contributed by atoms with Crippen LogP contribution in [0.2, 0.25) is 10.0 Å². The van der Waals surface area contributed by atoms with E-state index in [1.165, 1.54) is 70.5 Å². The Labute approximate surface area is 406 Å². The van der Waals surface area contributed by atoms with Crippen molar-refractivity contribution in [2.24, 2.45) is 0 Å². The van der Waals surface area contributed by atoms with Crippen LogP contribution in [-0.2, 0) is 32.0 Å². The highest BCUT2D eigenvalue weighted by Gasteiger charge is 2.39. The summed E-state index contributed by atoms with van der Waals surface area (Å²) in [6.07, 6.45) is -6.43. The molecule has 0 saturated carbocycles. The van der Waals surface area contributed by atoms with Crippen molar-refractivity contribution in [3.05, 3.63) is 141 Å². The molecule has 0 radical (unpaired) electrons. The Morgan fingerprint density at radius 2 is 0.843 bits per heavy atom. The van der Waals surface area contributed by atoms with Crippen LogP contribution < -0.4 is 19.6 Å². The van der Waals surface area contributed by atoms with Gasteiger partial charge in [-0.2, -0.15) is 26.3 Å². The van der Waals surface area contributed by atoms with E-state index in [1.54, 1.807) is 9.80 Å². The first-order chi connectivity index (χ1) is 32.8. The summed E-state index contributed by atoms with van der Waals surface area (Å²) >= 11 is 12.6. The monoisotopic (exact) mass is 1050 g/mol. The molecule has 2 aliphatic rings. The van der Waals surface area contributed by atoms with E-state index in [0.29, 0.717) is 12.4 Å². The number of hydrogen-bond donors (Lipinski definition) is 0. The smallest absolute Gasteiger partial charge is 0.366 e. The van der Waals surface area contributed by atoms with Crippen molar-refractivity contribution >= 4 is 71.7 Å². The van der Waals surface area contributed by atoms with Crippen LogP contribution in [-0.4, -0.2) is 97.5 Å². The maximum atomic E-state index is 16.3. The van der Waals surface area contributed by atoms with Gasteiger partial charge in [0, 0.05) is 88.4 Å². The van der Waals surface area contributed by atoms with Gasteiger partial charge in [0.15, 0.2) is 25.5 Å². The van der Waals surface area contributed by atoms with Crippen LogP contribution in [0.1, 0.15) is 27.0 Å². The molecule has 368 valence electrons. The molecule has 11 nitrogen and oxygen atoms in total. The molecule has 4 aromatic carbocycles. The Morgan fingerprint density at radius 1 is 0.514 bits per heavy atom. The molecule has 0 N–H and O–H groups in total. The zero-order valence-corrected chi connectivity index (χ0v) is 39.9. The molecule has 0 spiro atoms. The van der Waals surface area contributed by atoms with E-state index in [9.17, 15) is 43.2 Å². The molecule has 8 rings (SSSR count). The van der Waals surface area contributed by atoms with E-state index in [4.69, 9.17) is 23.2 Å². The van der Waals surface area contributed by atoms with Crippen LogP contribution in [0.5, 0.6) is 0 Å². The second kappa shape index (κ2) is 18.9. The highest BCUT2D eigenvalue weighted by atomic mass is 35.5. The molecule has 4 heterocycles. The van der Waals surface area contributed by atoms with Gasteiger partial charge in [-0.15, -0.1) is 0 Å². The number of alkyl halides is 6. The molecule has 2 saturated heterocycles. The topological polar surface area (TPSA) is 124 Å². The fourth-order valence-electron chi connectivity index (χ4n) is 8.68. The third-order valence-electron chi connectivity index (χ3n) is 12.0. The molecule has 2 aliphatic heterocycles. The van der Waals surface area contributed by atoms with Gasteiger partial charge in [-0.1, -0.05) is 71.7 Å². The second-order valence-corrected chi connectivity index (χ2v) is 21.3. The Hall–Kier alpha value is -6.03. The summed E-state index contributed by atoms with van der Waals surface area (Å²) in [6, 6.07) is 17.0. The van der Waals surface area contributed by atoms with E-state index in [2.05, 4.69) is 9.97 Å². The van der Waals surface area contributed by atoms with Gasteiger partial charge in [-0.25, -0.2) is 35.6 Å². The Balaban J connectivity index is 1.33. The summed E-state index contributed by atoms with van der Waals surface area (Å²) in [5, 5.41) is -0.618. The lowest BCUT2D eigenvalue weighted by molar-refractivity contribution is -0.138. The van der Waals surface area contributed by atoms with Gasteiger partial charge in [0.1, 0.15) is 23.3 Å². The number of carbonyl (C=O) groups is 1. The SMILES string of the molecule is CS(=O)(=O)c1ccc(-c2ccccc2F)c(C(=O)c2c(-c3ccccc3F)ccc(S(C)(=O)=O)c2N2CCN(c3ncc(C(F)(F)F)cc3Cl)CC2)c1N1CCN(c2ncc(C(F)(F)F)cc2Cl)CC1. The third kappa shape index (κ3) is 9.97. The van der Waals surface area contributed by atoms with E-state index in [1.807, 2.05) is 0 Å². The Kier molecular flexibility index (Phi) is 13.6. The van der Waals surface area contributed by atoms with E-state index >= 15 is 13.6 Å². The van der Waals surface area contributed by atoms with Crippen molar-refractivity contribution in [1.82, 2.24) is 9.97 Å². The number of sulfone groups is 2. The predicted octanol–water partition coefficient (Wildman–Crippen LogP) is 10.1. The van der Waals surface area contributed by atoms with Crippen LogP contribution in [0.15, 0.2) is 107 Å². The van der Waals surface area contributed by atoms with Crippen LogP contribution in [0.4, 0.5) is 58.1 Å². The maximum absolute atomic E-state index is 16.3. The molecule has 0 amide bonds. The standard InChI is InChI=1S/C47H38Cl2F8N6O5S2/c1-69(65,66)37-13-11-31(29-7-3-5-9-35(29)50)39(41(37)60-15-19-62(20-16-60)44-33(48)23-27(25-58-44)46(52,53)54)43(64)40-32(30-8-4-6-10-36(30)51)12-14-38(70(2,67)68)42(40)61-17-21-63(22-18-61)45-34(49)24-28(26-59-45)47(55,56)57/h3-14,23-26H,15-22H2,1-2H3. The normalized spacial score (nSPS) is 15.1. The molecule has 6 aromatic rings. The maximum Gasteiger partial charge on any atom is 0.417 e. The zero-order chi connectivity index (χ0) is 50.7. The molecule has 2 fully saturated rings. The molecule has 70 heavy (non-hydrogen) atoms. The number of rotatable bonds is 10. The Morgan fingerprint density at radius 3 is 1.14 bits per heavy atom. The second-order valence-electron chi connectivity index (χ2n) is 16.5. The summed E-state index contributed by atoms with van der Waals surface area (Å²) in [7, 11) is -8.58. The molecule has 0 aliphatic carbocycles. The molecule has 23 heteroatoms. The number of nitrogens with zero attached hydrogens (tertiary/aromatic N) is 6. The van der Waals surface area contributed by atoms with E-state index in [-0.39, 0.29) is 108 Å². The average Bonchev–Trinajstić information content (AvgIpc) is 3.29. The van der Waals surface area contributed by atoms with Crippen molar-refractivity contribution in [2.75, 3.05) is 84.5 Å². The van der Waals surface area contributed by atoms with E-state index in [0.717, 1.165) is 36.8 Å². The number of pyridine rings is 2. The first-order valence-corrected chi connectivity index (χ1v) is 25.6. The lowest BCUT2D eigenvalue weighted by Gasteiger charge is -2.40. The number of anilines is 4. The molecule has 2 aromatic heterocycles. The quantitative estimate of drug-likeness (QED) is 0.0962. The highest BCUT2D eigenvalue weighted by molar-refractivity contribution is 7.91. The molecule has 0 atom stereocenters. The van der Waals surface area contributed by atoms with Crippen molar-refractivity contribution in [1.29, 1.82) is 0 Å². The van der Waals surface area contributed by atoms with Gasteiger partial charge in [0.2, 0.25) is 0 Å². The minimum atomic E-state index is -4.73. The number of aromatic nitrogens is 2. The zero-order valence-electron chi connectivity index (χ0n) is 36.7. The van der Waals surface area contributed by atoms with Crippen LogP contribution in [0, 0.1) is 11.6 Å². The largest absolute Gasteiger partial charge is 0.417 e. The number of piperazine rings is 2. The van der Waals surface area contributed by atoms with Crippen LogP contribution >= 0.6 is 23.2 Å². The highest BCUT2D eigenvalue weighted by Crippen LogP contribution is 2.46. The number of benzene rings is 4. The fraction of sp³-hybridized carbons (Fsp3) is 0.255. The number of carbonyl (C=O) groups excluding carboxylic acids is 1. The van der Waals surface area contributed by atoms with Crippen molar-refractivity contribution < 1.29 is 56.8 Å². The lowest BCUT2D eigenvalue weighted by Crippen LogP contribution is -2.48. The molecular formula is C47H38Cl2F8N6O5S2.